The SMILES string of the molecule is CC(C)[C@H](NC(=O)C(C)(C)c1ccc2c(c1)CCCC2)C(=O)N[C@H](CCC(=O)O)C(=O)O. The van der Waals surface area contributed by atoms with Crippen molar-refractivity contribution < 1.29 is 29.4 Å². The van der Waals surface area contributed by atoms with Crippen LogP contribution in [0.25, 0.3) is 0 Å². The van der Waals surface area contributed by atoms with Crippen LogP contribution in [0.5, 0.6) is 0 Å². The van der Waals surface area contributed by atoms with Gasteiger partial charge in [-0.3, -0.25) is 14.4 Å². The molecule has 0 aliphatic heterocycles. The Kier molecular flexibility index (Phi) is 8.41. The first-order chi connectivity index (χ1) is 14.9. The average Bonchev–Trinajstić information content (AvgIpc) is 2.73. The second-order valence-corrected chi connectivity index (χ2v) is 9.34. The van der Waals surface area contributed by atoms with E-state index in [1.807, 2.05) is 6.07 Å². The Balaban J connectivity index is 2.15. The number of nitrogens with one attached hydrogen (secondary N) is 2. The van der Waals surface area contributed by atoms with E-state index in [1.165, 1.54) is 17.5 Å². The molecule has 0 spiro atoms. The van der Waals surface area contributed by atoms with E-state index in [9.17, 15) is 24.3 Å². The third-order valence-electron chi connectivity index (χ3n) is 6.14. The maximum Gasteiger partial charge on any atom is 0.326 e. The minimum Gasteiger partial charge on any atom is -0.481 e. The third-order valence-corrected chi connectivity index (χ3v) is 6.14. The Bertz CT molecular complexity index is 877. The molecule has 0 aromatic heterocycles. The van der Waals surface area contributed by atoms with Crippen molar-refractivity contribution in [2.45, 2.75) is 83.7 Å². The Labute approximate surface area is 188 Å². The number of carboxylic acids is 2. The van der Waals surface area contributed by atoms with Crippen molar-refractivity contribution in [1.82, 2.24) is 10.6 Å². The highest BCUT2D eigenvalue weighted by molar-refractivity contribution is 5.94. The number of carbonyl (C=O) groups excluding carboxylic acids is 2. The van der Waals surface area contributed by atoms with E-state index < -0.39 is 35.3 Å². The lowest BCUT2D eigenvalue weighted by Gasteiger charge is -2.30. The molecule has 0 unspecified atom stereocenters. The molecule has 0 heterocycles. The highest BCUT2D eigenvalue weighted by Crippen LogP contribution is 2.29. The molecular formula is C24H34N2O6. The molecule has 0 saturated heterocycles. The van der Waals surface area contributed by atoms with E-state index in [1.54, 1.807) is 27.7 Å². The van der Waals surface area contributed by atoms with Crippen LogP contribution >= 0.6 is 0 Å². The van der Waals surface area contributed by atoms with Crippen LogP contribution in [0.3, 0.4) is 0 Å². The van der Waals surface area contributed by atoms with Crippen LogP contribution in [0.1, 0.15) is 70.1 Å². The predicted molar refractivity (Wildman–Crippen MR) is 119 cm³/mol. The van der Waals surface area contributed by atoms with Gasteiger partial charge in [0.15, 0.2) is 0 Å². The van der Waals surface area contributed by atoms with Crippen molar-refractivity contribution >= 4 is 23.8 Å². The van der Waals surface area contributed by atoms with Crippen LogP contribution in [0.4, 0.5) is 0 Å². The first kappa shape index (κ1) is 25.4. The summed E-state index contributed by atoms with van der Waals surface area (Å²) in [6.45, 7) is 7.11. The zero-order valence-corrected chi connectivity index (χ0v) is 19.2. The van der Waals surface area contributed by atoms with E-state index in [0.29, 0.717) is 0 Å². The first-order valence-electron chi connectivity index (χ1n) is 11.1. The topological polar surface area (TPSA) is 133 Å². The molecule has 2 amide bonds. The fourth-order valence-corrected chi connectivity index (χ4v) is 3.90. The van der Waals surface area contributed by atoms with Crippen molar-refractivity contribution in [2.24, 2.45) is 5.92 Å². The molecular weight excluding hydrogens is 412 g/mol. The molecule has 176 valence electrons. The number of hydrogen-bond acceptors (Lipinski definition) is 4. The minimum absolute atomic E-state index is 0.240. The number of aryl methyl sites for hydroxylation is 2. The molecule has 0 radical (unpaired) electrons. The summed E-state index contributed by atoms with van der Waals surface area (Å²) in [5.41, 5.74) is 2.55. The Morgan fingerprint density at radius 2 is 1.62 bits per heavy atom. The molecule has 1 aliphatic carbocycles. The summed E-state index contributed by atoms with van der Waals surface area (Å²) in [6.07, 6.45) is 3.71. The second kappa shape index (κ2) is 10.6. The summed E-state index contributed by atoms with van der Waals surface area (Å²) >= 11 is 0. The molecule has 32 heavy (non-hydrogen) atoms. The average molecular weight is 447 g/mol. The summed E-state index contributed by atoms with van der Waals surface area (Å²) in [5.74, 6) is -3.74. The first-order valence-corrected chi connectivity index (χ1v) is 11.1. The van der Waals surface area contributed by atoms with Gasteiger partial charge in [0.1, 0.15) is 12.1 Å². The number of benzene rings is 1. The van der Waals surface area contributed by atoms with Crippen LogP contribution in [0, 0.1) is 5.92 Å². The van der Waals surface area contributed by atoms with Crippen molar-refractivity contribution in [3.05, 3.63) is 34.9 Å². The molecule has 2 atom stereocenters. The molecule has 0 bridgehead atoms. The van der Waals surface area contributed by atoms with Crippen LogP contribution < -0.4 is 10.6 Å². The number of amides is 2. The maximum atomic E-state index is 13.2. The highest BCUT2D eigenvalue weighted by atomic mass is 16.4. The van der Waals surface area contributed by atoms with Crippen molar-refractivity contribution in [1.29, 1.82) is 0 Å². The lowest BCUT2D eigenvalue weighted by Crippen LogP contribution is -2.56. The fraction of sp³-hybridized carbons (Fsp3) is 0.583. The Morgan fingerprint density at radius 1 is 1.00 bits per heavy atom. The smallest absolute Gasteiger partial charge is 0.326 e. The van der Waals surface area contributed by atoms with Crippen molar-refractivity contribution in [3.63, 3.8) is 0 Å². The van der Waals surface area contributed by atoms with Crippen LogP contribution in [0.15, 0.2) is 18.2 Å². The Hall–Kier alpha value is -2.90. The van der Waals surface area contributed by atoms with E-state index in [2.05, 4.69) is 22.8 Å². The summed E-state index contributed by atoms with van der Waals surface area (Å²) < 4.78 is 0. The van der Waals surface area contributed by atoms with Gasteiger partial charge < -0.3 is 20.8 Å². The van der Waals surface area contributed by atoms with Crippen molar-refractivity contribution in [3.8, 4) is 0 Å². The number of carboxylic acid groups (broad SMARTS) is 2. The van der Waals surface area contributed by atoms with E-state index >= 15 is 0 Å². The second-order valence-electron chi connectivity index (χ2n) is 9.34. The van der Waals surface area contributed by atoms with Gasteiger partial charge in [0.25, 0.3) is 0 Å². The number of fused-ring (bicyclic) bond motifs is 1. The normalized spacial score (nSPS) is 15.4. The van der Waals surface area contributed by atoms with E-state index in [0.717, 1.165) is 24.8 Å². The number of aliphatic carboxylic acids is 2. The summed E-state index contributed by atoms with van der Waals surface area (Å²) in [5, 5.41) is 23.3. The van der Waals surface area contributed by atoms with Gasteiger partial charge in [0.05, 0.1) is 5.41 Å². The van der Waals surface area contributed by atoms with E-state index in [-0.39, 0.29) is 24.7 Å². The standard InChI is InChI=1S/C24H34N2O6/c1-14(2)20(21(29)25-18(22(30)31)11-12-19(27)28)26-23(32)24(3,4)17-10-9-15-7-5-6-8-16(15)13-17/h9-10,13-14,18,20H,5-8,11-12H2,1-4H3,(H,25,29)(H,26,32)(H,27,28)(H,30,31)/t18-,20+/m1/s1. The fourth-order valence-electron chi connectivity index (χ4n) is 3.90. The van der Waals surface area contributed by atoms with Crippen LogP contribution in [-0.2, 0) is 37.4 Å². The largest absolute Gasteiger partial charge is 0.481 e. The number of hydrogen-bond donors (Lipinski definition) is 4. The van der Waals surface area contributed by atoms with Gasteiger partial charge in [-0.2, -0.15) is 0 Å². The molecule has 0 fully saturated rings. The summed E-state index contributed by atoms with van der Waals surface area (Å²) in [6, 6.07) is 3.81. The minimum atomic E-state index is -1.34. The monoisotopic (exact) mass is 446 g/mol. The zero-order chi connectivity index (χ0) is 24.1. The van der Waals surface area contributed by atoms with Gasteiger partial charge in [-0.05, 0) is 68.6 Å². The number of rotatable bonds is 10. The molecule has 4 N–H and O–H groups in total. The van der Waals surface area contributed by atoms with Gasteiger partial charge in [0.2, 0.25) is 11.8 Å². The van der Waals surface area contributed by atoms with Crippen LogP contribution in [-0.4, -0.2) is 46.0 Å². The third kappa shape index (κ3) is 6.31. The number of carbonyl (C=O) groups is 4. The van der Waals surface area contributed by atoms with Gasteiger partial charge in [-0.25, -0.2) is 4.79 Å². The van der Waals surface area contributed by atoms with Crippen molar-refractivity contribution in [2.75, 3.05) is 0 Å². The van der Waals surface area contributed by atoms with Gasteiger partial charge in [0, 0.05) is 6.42 Å². The van der Waals surface area contributed by atoms with E-state index in [4.69, 9.17) is 5.11 Å². The van der Waals surface area contributed by atoms with Crippen LogP contribution in [0.2, 0.25) is 0 Å². The zero-order valence-electron chi connectivity index (χ0n) is 19.2. The Morgan fingerprint density at radius 3 is 2.19 bits per heavy atom. The van der Waals surface area contributed by atoms with Gasteiger partial charge in [-0.15, -0.1) is 0 Å². The molecule has 1 aliphatic rings. The molecule has 8 nitrogen and oxygen atoms in total. The maximum absolute atomic E-state index is 13.2. The lowest BCUT2D eigenvalue weighted by atomic mass is 9.80. The summed E-state index contributed by atoms with van der Waals surface area (Å²) in [4.78, 5) is 48.2. The van der Waals surface area contributed by atoms with Gasteiger partial charge in [-0.1, -0.05) is 32.0 Å². The predicted octanol–water partition coefficient (Wildman–Crippen LogP) is 2.42. The van der Waals surface area contributed by atoms with Gasteiger partial charge >= 0.3 is 11.9 Å². The highest BCUT2D eigenvalue weighted by Gasteiger charge is 2.35. The molecule has 1 aromatic rings. The quantitative estimate of drug-likeness (QED) is 0.436. The molecule has 2 rings (SSSR count). The molecule has 0 saturated carbocycles. The lowest BCUT2D eigenvalue weighted by molar-refractivity contribution is -0.143. The molecule has 8 heteroatoms. The molecule has 1 aromatic carbocycles. The summed E-state index contributed by atoms with van der Waals surface area (Å²) in [7, 11) is 0.